The zero-order chi connectivity index (χ0) is 32.8. The Morgan fingerprint density at radius 1 is 0.468 bits per heavy atom. The van der Waals surface area contributed by atoms with E-state index in [0.717, 1.165) is 0 Å². The molecular weight excluding hydrogens is 584 g/mol. The second-order valence-electron chi connectivity index (χ2n) is 11.9. The monoisotopic (exact) mass is 618 g/mol. The molecule has 4 aromatic carbocycles. The van der Waals surface area contributed by atoms with Gasteiger partial charge in [-0.3, -0.25) is 19.2 Å². The van der Waals surface area contributed by atoms with Crippen molar-refractivity contribution in [1.29, 1.82) is 0 Å². The van der Waals surface area contributed by atoms with Gasteiger partial charge in [0.25, 0.3) is 0 Å². The van der Waals surface area contributed by atoms with Crippen LogP contribution in [-0.4, -0.2) is 34.3 Å². The van der Waals surface area contributed by atoms with Gasteiger partial charge >= 0.3 is 0 Å². The first-order chi connectivity index (χ1) is 22.9. The second kappa shape index (κ2) is 13.9. The third-order valence-corrected chi connectivity index (χ3v) is 9.19. The molecule has 0 saturated carbocycles. The molecule has 5 heteroatoms. The van der Waals surface area contributed by atoms with E-state index in [1.54, 1.807) is 170 Å². The fraction of sp³-hybridized carbons (Fsp3) is 0.143. The van der Waals surface area contributed by atoms with Crippen LogP contribution in [0.2, 0.25) is 0 Å². The Hall–Kier alpha value is -5.52. The summed E-state index contributed by atoms with van der Waals surface area (Å²) in [4.78, 5) is 60.5. The molecule has 6 rings (SSSR count). The van der Waals surface area contributed by atoms with E-state index in [0.29, 0.717) is 0 Å². The van der Waals surface area contributed by atoms with Crippen LogP contribution in [0.4, 0.5) is 0 Å². The third-order valence-electron chi connectivity index (χ3n) is 9.19. The van der Waals surface area contributed by atoms with E-state index in [1.807, 2.05) is 0 Å². The van der Waals surface area contributed by atoms with Gasteiger partial charge in [0.2, 0.25) is 0 Å². The van der Waals surface area contributed by atoms with E-state index in [2.05, 4.69) is 0 Å². The first kappa shape index (κ1) is 31.5. The number of allylic oxidation sites excluding steroid dienone is 6. The summed E-state index contributed by atoms with van der Waals surface area (Å²) < 4.78 is 0. The van der Waals surface area contributed by atoms with Crippen LogP contribution in [0, 0.1) is 29.1 Å². The zero-order valence-corrected chi connectivity index (χ0v) is 25.6. The molecule has 2 aliphatic carbocycles. The Kier molecular flexibility index (Phi) is 9.28. The van der Waals surface area contributed by atoms with Crippen molar-refractivity contribution < 1.29 is 24.3 Å². The largest absolute Gasteiger partial charge is 0.391 e. The molecule has 0 spiro atoms. The summed E-state index contributed by atoms with van der Waals surface area (Å²) in [7, 11) is 0. The van der Waals surface area contributed by atoms with Gasteiger partial charge in [-0.15, -0.1) is 0 Å². The van der Waals surface area contributed by atoms with Crippen LogP contribution in [0.25, 0.3) is 0 Å². The number of aliphatic hydroxyl groups is 1. The first-order valence-corrected chi connectivity index (χ1v) is 15.7. The molecule has 0 heterocycles. The standard InChI is InChI=1S/C42H34O5/c43-37(30-19-5-1-6-20-30)35(38(44)31-21-7-2-8-22-31)36(29-17-13-14-18-29)42(41(47)34-27-15-16-28-34,39(45)32-23-9-3-10-24-32)40(46)33-25-11-4-12-26-33/h1-29,34-36,41,47H. The molecule has 5 nitrogen and oxygen atoms in total. The van der Waals surface area contributed by atoms with Gasteiger partial charge in [0.1, 0.15) is 5.41 Å². The van der Waals surface area contributed by atoms with Crippen molar-refractivity contribution in [3.8, 4) is 0 Å². The molecule has 0 amide bonds. The molecule has 0 bridgehead atoms. The van der Waals surface area contributed by atoms with Crippen LogP contribution < -0.4 is 0 Å². The highest BCUT2D eigenvalue weighted by atomic mass is 16.3. The Balaban J connectivity index is 1.71. The second-order valence-corrected chi connectivity index (χ2v) is 11.9. The van der Waals surface area contributed by atoms with Gasteiger partial charge in [0.05, 0.1) is 12.0 Å². The highest BCUT2D eigenvalue weighted by Gasteiger charge is 2.63. The fourth-order valence-corrected chi connectivity index (χ4v) is 6.98. The number of Topliss-reactive ketones (excluding diaryl/α,β-unsaturated/α-hetero) is 4. The van der Waals surface area contributed by atoms with Crippen LogP contribution in [0.5, 0.6) is 0 Å². The molecule has 0 fully saturated rings. The van der Waals surface area contributed by atoms with Crippen LogP contribution in [0.3, 0.4) is 0 Å². The molecule has 4 aromatic rings. The van der Waals surface area contributed by atoms with Gasteiger partial charge < -0.3 is 5.11 Å². The van der Waals surface area contributed by atoms with Crippen LogP contribution >= 0.6 is 0 Å². The molecule has 47 heavy (non-hydrogen) atoms. The van der Waals surface area contributed by atoms with E-state index < -0.39 is 58.3 Å². The van der Waals surface area contributed by atoms with Crippen molar-refractivity contribution in [1.82, 2.24) is 0 Å². The predicted molar refractivity (Wildman–Crippen MR) is 182 cm³/mol. The van der Waals surface area contributed by atoms with Gasteiger partial charge in [-0.25, -0.2) is 0 Å². The quantitative estimate of drug-likeness (QED) is 0.123. The lowest BCUT2D eigenvalue weighted by atomic mass is 9.52. The lowest BCUT2D eigenvalue weighted by molar-refractivity contribution is -0.0216. The lowest BCUT2D eigenvalue weighted by Crippen LogP contribution is -2.61. The predicted octanol–water partition coefficient (Wildman–Crippen LogP) is 7.58. The Morgan fingerprint density at radius 3 is 1.15 bits per heavy atom. The number of benzene rings is 4. The van der Waals surface area contributed by atoms with E-state index in [9.17, 15) is 14.7 Å². The molecule has 0 saturated heterocycles. The summed E-state index contributed by atoms with van der Waals surface area (Å²) in [6.45, 7) is 0. The van der Waals surface area contributed by atoms with Crippen LogP contribution in [-0.2, 0) is 0 Å². The third kappa shape index (κ3) is 5.94. The van der Waals surface area contributed by atoms with Crippen molar-refractivity contribution in [2.75, 3.05) is 0 Å². The maximum absolute atomic E-state index is 15.4. The number of ketones is 4. The molecule has 0 radical (unpaired) electrons. The van der Waals surface area contributed by atoms with E-state index in [-0.39, 0.29) is 22.3 Å². The topological polar surface area (TPSA) is 88.5 Å². The molecule has 0 aliphatic heterocycles. The van der Waals surface area contributed by atoms with Crippen molar-refractivity contribution >= 4 is 23.1 Å². The number of carbonyl (C=O) groups is 4. The average Bonchev–Trinajstić information content (AvgIpc) is 3.88. The van der Waals surface area contributed by atoms with Crippen molar-refractivity contribution in [2.24, 2.45) is 29.1 Å². The summed E-state index contributed by atoms with van der Waals surface area (Å²) >= 11 is 0. The Labute approximate surface area is 274 Å². The maximum atomic E-state index is 15.4. The zero-order valence-electron chi connectivity index (χ0n) is 25.6. The summed E-state index contributed by atoms with van der Waals surface area (Å²) in [5, 5.41) is 12.7. The number of aliphatic hydroxyl groups excluding tert-OH is 1. The van der Waals surface area contributed by atoms with Gasteiger partial charge in [0, 0.05) is 40.0 Å². The normalized spacial score (nSPS) is 15.6. The first-order valence-electron chi connectivity index (χ1n) is 15.7. The molecule has 232 valence electrons. The fourth-order valence-electron chi connectivity index (χ4n) is 6.98. The highest BCUT2D eigenvalue weighted by Crippen LogP contribution is 2.51. The van der Waals surface area contributed by atoms with Crippen LogP contribution in [0.15, 0.2) is 170 Å². The van der Waals surface area contributed by atoms with Crippen LogP contribution in [0.1, 0.15) is 41.4 Å². The summed E-state index contributed by atoms with van der Waals surface area (Å²) in [6.07, 6.45) is 12.5. The van der Waals surface area contributed by atoms with Gasteiger partial charge in [-0.1, -0.05) is 170 Å². The van der Waals surface area contributed by atoms with Gasteiger partial charge in [-0.05, 0) is 0 Å². The molecular formula is C42H34O5. The van der Waals surface area contributed by atoms with Crippen molar-refractivity contribution in [3.63, 3.8) is 0 Å². The number of hydrogen-bond acceptors (Lipinski definition) is 5. The van der Waals surface area contributed by atoms with Gasteiger partial charge in [-0.2, -0.15) is 0 Å². The van der Waals surface area contributed by atoms with Crippen molar-refractivity contribution in [3.05, 3.63) is 192 Å². The minimum Gasteiger partial charge on any atom is -0.391 e. The Morgan fingerprint density at radius 2 is 0.787 bits per heavy atom. The molecule has 2 aliphatic rings. The molecule has 2 unspecified atom stereocenters. The molecule has 2 atom stereocenters. The highest BCUT2D eigenvalue weighted by molar-refractivity contribution is 6.23. The Bertz CT molecular complexity index is 1740. The SMILES string of the molecule is O=C(c1ccccc1)C(C(=O)c1ccccc1)C(C1C=CC=C1)C(C(=O)c1ccccc1)(C(=O)c1ccccc1)C(O)C1C=CC=C1. The van der Waals surface area contributed by atoms with Gasteiger partial charge in [0.15, 0.2) is 23.1 Å². The summed E-state index contributed by atoms with van der Waals surface area (Å²) in [6, 6.07) is 33.6. The van der Waals surface area contributed by atoms with Crippen molar-refractivity contribution in [2.45, 2.75) is 6.10 Å². The number of carbonyl (C=O) groups excluding carboxylic acids is 4. The minimum atomic E-state index is -2.30. The smallest absolute Gasteiger partial charge is 0.179 e. The van der Waals surface area contributed by atoms with E-state index in [4.69, 9.17) is 0 Å². The maximum Gasteiger partial charge on any atom is 0.179 e. The molecule has 1 N–H and O–H groups in total. The van der Waals surface area contributed by atoms with E-state index in [1.165, 1.54) is 0 Å². The minimum absolute atomic E-state index is 0.191. The summed E-state index contributed by atoms with van der Waals surface area (Å²) in [5.74, 6) is -6.70. The number of hydrogen-bond donors (Lipinski definition) is 1. The van der Waals surface area contributed by atoms with E-state index >= 15 is 9.59 Å². The lowest BCUT2D eigenvalue weighted by Gasteiger charge is -2.47. The summed E-state index contributed by atoms with van der Waals surface area (Å²) in [5.41, 5.74) is -1.39. The number of rotatable bonds is 13. The average molecular weight is 619 g/mol. The molecule has 0 aromatic heterocycles.